The van der Waals surface area contributed by atoms with Crippen LogP contribution in [-0.4, -0.2) is 13.1 Å². The second kappa shape index (κ2) is 7.30. The summed E-state index contributed by atoms with van der Waals surface area (Å²) in [6, 6.07) is 16.1. The molecular weight excluding hydrogens is 284 g/mol. The average Bonchev–Trinajstić information content (AvgIpc) is 2.62. The zero-order chi connectivity index (χ0) is 16.1. The minimum Gasteiger partial charge on any atom is -0.489 e. The lowest BCUT2D eigenvalue weighted by Gasteiger charge is -2.25. The van der Waals surface area contributed by atoms with Crippen LogP contribution in [0.1, 0.15) is 41.0 Å². The summed E-state index contributed by atoms with van der Waals surface area (Å²) in [7, 11) is 0. The minimum absolute atomic E-state index is 0.492. The average molecular weight is 306 g/mol. The molecule has 3 rings (SSSR count). The Bertz CT molecular complexity index is 712. The molecule has 2 aromatic rings. The smallest absolute Gasteiger partial charge is 0.123 e. The van der Waals surface area contributed by atoms with Crippen LogP contribution in [0.15, 0.2) is 42.5 Å². The highest BCUT2D eigenvalue weighted by atomic mass is 16.5. The van der Waals surface area contributed by atoms with Gasteiger partial charge in [-0.15, -0.1) is 0 Å². The molecule has 0 amide bonds. The maximum absolute atomic E-state index is 8.98. The first-order valence-corrected chi connectivity index (χ1v) is 8.20. The van der Waals surface area contributed by atoms with Gasteiger partial charge in [-0.25, -0.2) is 0 Å². The lowest BCUT2D eigenvalue weighted by Crippen LogP contribution is -2.27. The first kappa shape index (κ1) is 15.6. The van der Waals surface area contributed by atoms with E-state index in [-0.39, 0.29) is 0 Å². The van der Waals surface area contributed by atoms with Crippen molar-refractivity contribution in [2.45, 2.75) is 32.3 Å². The molecule has 23 heavy (non-hydrogen) atoms. The summed E-state index contributed by atoms with van der Waals surface area (Å²) >= 11 is 0. The van der Waals surface area contributed by atoms with Crippen LogP contribution in [0.25, 0.3) is 0 Å². The van der Waals surface area contributed by atoms with Crippen molar-refractivity contribution in [3.63, 3.8) is 0 Å². The van der Waals surface area contributed by atoms with Crippen LogP contribution in [0.2, 0.25) is 0 Å². The van der Waals surface area contributed by atoms with Gasteiger partial charge in [-0.3, -0.25) is 0 Å². The Balaban J connectivity index is 1.74. The molecule has 0 saturated carbocycles. The summed E-state index contributed by atoms with van der Waals surface area (Å²) in [5, 5.41) is 12.4. The van der Waals surface area contributed by atoms with E-state index >= 15 is 0 Å². The Kier molecular flexibility index (Phi) is 4.95. The van der Waals surface area contributed by atoms with Gasteiger partial charge in [0.1, 0.15) is 12.4 Å². The van der Waals surface area contributed by atoms with Crippen LogP contribution >= 0.6 is 0 Å². The third kappa shape index (κ3) is 3.72. The number of hydrogen-bond donors (Lipinski definition) is 1. The number of nitriles is 1. The van der Waals surface area contributed by atoms with Crippen molar-refractivity contribution in [1.29, 1.82) is 5.26 Å². The fraction of sp³-hybridized carbons (Fsp3) is 0.350. The van der Waals surface area contributed by atoms with E-state index in [9.17, 15) is 0 Å². The van der Waals surface area contributed by atoms with E-state index in [1.165, 1.54) is 24.0 Å². The van der Waals surface area contributed by atoms with Crippen molar-refractivity contribution in [3.8, 4) is 11.8 Å². The summed E-state index contributed by atoms with van der Waals surface area (Å²) in [5.41, 5.74) is 4.35. The van der Waals surface area contributed by atoms with Gasteiger partial charge in [0.05, 0.1) is 11.6 Å². The quantitative estimate of drug-likeness (QED) is 0.931. The highest BCUT2D eigenvalue weighted by molar-refractivity contribution is 5.41. The summed E-state index contributed by atoms with van der Waals surface area (Å²) in [4.78, 5) is 0. The van der Waals surface area contributed by atoms with Crippen LogP contribution in [0.3, 0.4) is 0 Å². The molecular formula is C20H22N2O. The molecule has 0 radical (unpaired) electrons. The van der Waals surface area contributed by atoms with Crippen molar-refractivity contribution in [1.82, 2.24) is 5.32 Å². The monoisotopic (exact) mass is 306 g/mol. The molecule has 0 unspecified atom stereocenters. The maximum Gasteiger partial charge on any atom is 0.123 e. The molecule has 1 fully saturated rings. The SMILES string of the molecule is Cc1c(OCc2cccc(C#N)c2)cccc1C1CCNCC1. The number of piperidine rings is 1. The van der Waals surface area contributed by atoms with Gasteiger partial charge < -0.3 is 10.1 Å². The third-order valence-corrected chi connectivity index (χ3v) is 4.56. The molecule has 1 N–H and O–H groups in total. The predicted octanol–water partition coefficient (Wildman–Crippen LogP) is 3.91. The third-order valence-electron chi connectivity index (χ3n) is 4.56. The molecule has 1 heterocycles. The van der Waals surface area contributed by atoms with E-state index in [2.05, 4.69) is 30.4 Å². The maximum atomic E-state index is 8.98. The van der Waals surface area contributed by atoms with Crippen molar-refractivity contribution in [3.05, 3.63) is 64.7 Å². The summed E-state index contributed by atoms with van der Waals surface area (Å²) in [6.07, 6.45) is 2.38. The lowest BCUT2D eigenvalue weighted by molar-refractivity contribution is 0.303. The molecule has 0 aliphatic carbocycles. The number of ether oxygens (including phenoxy) is 1. The van der Waals surface area contributed by atoms with Crippen molar-refractivity contribution < 1.29 is 4.74 Å². The van der Waals surface area contributed by atoms with Gasteiger partial charge >= 0.3 is 0 Å². The lowest BCUT2D eigenvalue weighted by atomic mass is 9.87. The van der Waals surface area contributed by atoms with E-state index in [0.717, 1.165) is 24.4 Å². The molecule has 118 valence electrons. The van der Waals surface area contributed by atoms with E-state index in [0.29, 0.717) is 18.1 Å². The summed E-state index contributed by atoms with van der Waals surface area (Å²) in [6.45, 7) is 4.83. The molecule has 0 bridgehead atoms. The Labute approximate surface area is 137 Å². The number of hydrogen-bond acceptors (Lipinski definition) is 3. The molecule has 1 saturated heterocycles. The Morgan fingerprint density at radius 1 is 1.17 bits per heavy atom. The fourth-order valence-corrected chi connectivity index (χ4v) is 3.25. The molecule has 1 aliphatic heterocycles. The normalized spacial score (nSPS) is 15.1. The second-order valence-corrected chi connectivity index (χ2v) is 6.10. The Hall–Kier alpha value is -2.31. The molecule has 3 heteroatoms. The molecule has 0 atom stereocenters. The fourth-order valence-electron chi connectivity index (χ4n) is 3.25. The van der Waals surface area contributed by atoms with E-state index in [1.54, 1.807) is 0 Å². The van der Waals surface area contributed by atoms with E-state index in [4.69, 9.17) is 10.00 Å². The van der Waals surface area contributed by atoms with Crippen LogP contribution in [0, 0.1) is 18.3 Å². The van der Waals surface area contributed by atoms with Crippen LogP contribution in [-0.2, 0) is 6.61 Å². The van der Waals surface area contributed by atoms with Gasteiger partial charge in [0, 0.05) is 0 Å². The molecule has 0 aromatic heterocycles. The zero-order valence-corrected chi connectivity index (χ0v) is 13.5. The Morgan fingerprint density at radius 3 is 2.74 bits per heavy atom. The van der Waals surface area contributed by atoms with Gasteiger partial charge in [0.15, 0.2) is 0 Å². The minimum atomic E-state index is 0.492. The number of benzene rings is 2. The van der Waals surface area contributed by atoms with Crippen molar-refractivity contribution in [2.24, 2.45) is 0 Å². The van der Waals surface area contributed by atoms with Gasteiger partial charge in [-0.2, -0.15) is 5.26 Å². The van der Waals surface area contributed by atoms with Crippen molar-refractivity contribution in [2.75, 3.05) is 13.1 Å². The molecule has 3 nitrogen and oxygen atoms in total. The number of rotatable bonds is 4. The zero-order valence-electron chi connectivity index (χ0n) is 13.5. The topological polar surface area (TPSA) is 45.0 Å². The van der Waals surface area contributed by atoms with Gasteiger partial charge in [0.25, 0.3) is 0 Å². The standard InChI is InChI=1S/C20H22N2O/c1-15-19(18-8-10-22-11-9-18)6-3-7-20(15)23-14-17-5-2-4-16(12-17)13-21/h2-7,12,18,22H,8-11,14H2,1H3. The first-order valence-electron chi connectivity index (χ1n) is 8.20. The van der Waals surface area contributed by atoms with Crippen LogP contribution in [0.5, 0.6) is 5.75 Å². The van der Waals surface area contributed by atoms with Crippen LogP contribution in [0.4, 0.5) is 0 Å². The van der Waals surface area contributed by atoms with Crippen LogP contribution < -0.4 is 10.1 Å². The van der Waals surface area contributed by atoms with Crippen molar-refractivity contribution >= 4 is 0 Å². The predicted molar refractivity (Wildman–Crippen MR) is 91.5 cm³/mol. The molecule has 0 spiro atoms. The number of nitrogens with zero attached hydrogens (tertiary/aromatic N) is 1. The van der Waals surface area contributed by atoms with Gasteiger partial charge in [-0.05, 0) is 73.7 Å². The van der Waals surface area contributed by atoms with E-state index in [1.807, 2.05) is 30.3 Å². The summed E-state index contributed by atoms with van der Waals surface area (Å²) in [5.74, 6) is 1.57. The highest BCUT2D eigenvalue weighted by Gasteiger charge is 2.18. The van der Waals surface area contributed by atoms with E-state index < -0.39 is 0 Å². The Morgan fingerprint density at radius 2 is 1.96 bits per heavy atom. The number of nitrogens with one attached hydrogen (secondary N) is 1. The summed E-state index contributed by atoms with van der Waals surface area (Å²) < 4.78 is 6.03. The van der Waals surface area contributed by atoms with Gasteiger partial charge in [0.2, 0.25) is 0 Å². The molecule has 1 aliphatic rings. The second-order valence-electron chi connectivity index (χ2n) is 6.10. The largest absolute Gasteiger partial charge is 0.489 e. The van der Waals surface area contributed by atoms with Gasteiger partial charge in [-0.1, -0.05) is 24.3 Å². The molecule has 2 aromatic carbocycles. The first-order chi connectivity index (χ1) is 11.3. The highest BCUT2D eigenvalue weighted by Crippen LogP contribution is 2.32.